The zero-order chi connectivity index (χ0) is 10.8. The molecule has 2 nitrogen and oxygen atoms in total. The van der Waals surface area contributed by atoms with Crippen LogP contribution in [-0.2, 0) is 6.42 Å². The number of hydrogen-bond donors (Lipinski definition) is 1. The molecule has 2 atom stereocenters. The molecule has 0 radical (unpaired) electrons. The minimum Gasteiger partial charge on any atom is -0.307 e. The molecule has 0 bridgehead atoms. The highest BCUT2D eigenvalue weighted by atomic mass is 32.1. The average Bonchev–Trinajstić information content (AvgIpc) is 2.59. The molecule has 1 aliphatic rings. The molecule has 1 aliphatic carbocycles. The van der Waals surface area contributed by atoms with E-state index in [-0.39, 0.29) is 0 Å². The first-order valence-electron chi connectivity index (χ1n) is 5.93. The van der Waals surface area contributed by atoms with Gasteiger partial charge in [-0.1, -0.05) is 6.92 Å². The second kappa shape index (κ2) is 4.62. The first-order chi connectivity index (χ1) is 7.20. The zero-order valence-corrected chi connectivity index (χ0v) is 10.7. The lowest BCUT2D eigenvalue weighted by atomic mass is 9.97. The van der Waals surface area contributed by atoms with E-state index < -0.39 is 0 Å². The number of nitrogens with one attached hydrogen (secondary N) is 1. The van der Waals surface area contributed by atoms with E-state index in [9.17, 15) is 0 Å². The lowest BCUT2D eigenvalue weighted by molar-refractivity contribution is 0.406. The second-order valence-electron chi connectivity index (χ2n) is 4.46. The molecule has 2 rings (SSSR count). The number of aromatic nitrogens is 1. The standard InChI is InChI=1S/C12H20N2S/c1-4-8(2)13-10-6-5-7-11-12(10)15-9(3)14-11/h8,10,13H,4-7H2,1-3H3. The molecule has 84 valence electrons. The van der Waals surface area contributed by atoms with Crippen molar-refractivity contribution in [1.82, 2.24) is 10.3 Å². The highest BCUT2D eigenvalue weighted by Gasteiger charge is 2.24. The molecule has 0 amide bonds. The van der Waals surface area contributed by atoms with E-state index in [1.807, 2.05) is 11.3 Å². The molecule has 1 N–H and O–H groups in total. The zero-order valence-electron chi connectivity index (χ0n) is 9.84. The Kier molecular flexibility index (Phi) is 3.42. The van der Waals surface area contributed by atoms with Crippen LogP contribution in [0.25, 0.3) is 0 Å². The van der Waals surface area contributed by atoms with Gasteiger partial charge in [0.15, 0.2) is 0 Å². The van der Waals surface area contributed by atoms with Gasteiger partial charge in [0.05, 0.1) is 10.7 Å². The molecular formula is C12H20N2S. The van der Waals surface area contributed by atoms with Crippen LogP contribution in [0.15, 0.2) is 0 Å². The van der Waals surface area contributed by atoms with Gasteiger partial charge < -0.3 is 5.32 Å². The minimum absolute atomic E-state index is 0.565. The molecule has 0 saturated carbocycles. The fraction of sp³-hybridized carbons (Fsp3) is 0.750. The van der Waals surface area contributed by atoms with Gasteiger partial charge in [-0.2, -0.15) is 0 Å². The molecule has 0 spiro atoms. The van der Waals surface area contributed by atoms with Gasteiger partial charge in [0.2, 0.25) is 0 Å². The van der Waals surface area contributed by atoms with Crippen molar-refractivity contribution in [3.63, 3.8) is 0 Å². The van der Waals surface area contributed by atoms with Crippen LogP contribution in [0.1, 0.15) is 54.7 Å². The van der Waals surface area contributed by atoms with Crippen LogP contribution >= 0.6 is 11.3 Å². The van der Waals surface area contributed by atoms with E-state index in [0.29, 0.717) is 12.1 Å². The predicted molar refractivity (Wildman–Crippen MR) is 65.4 cm³/mol. The third kappa shape index (κ3) is 2.40. The van der Waals surface area contributed by atoms with Gasteiger partial charge in [-0.15, -0.1) is 11.3 Å². The van der Waals surface area contributed by atoms with E-state index >= 15 is 0 Å². The SMILES string of the molecule is CCC(C)NC1CCCc2nc(C)sc21. The lowest BCUT2D eigenvalue weighted by Gasteiger charge is -2.25. The van der Waals surface area contributed by atoms with Crippen molar-refractivity contribution >= 4 is 11.3 Å². The van der Waals surface area contributed by atoms with Gasteiger partial charge >= 0.3 is 0 Å². The summed E-state index contributed by atoms with van der Waals surface area (Å²) in [6.45, 7) is 6.62. The second-order valence-corrected chi connectivity index (χ2v) is 5.70. The van der Waals surface area contributed by atoms with Crippen molar-refractivity contribution < 1.29 is 0 Å². The number of nitrogens with zero attached hydrogens (tertiary/aromatic N) is 1. The molecule has 1 heterocycles. The summed E-state index contributed by atoms with van der Waals surface area (Å²) in [5.74, 6) is 0. The number of aryl methyl sites for hydroxylation is 2. The van der Waals surface area contributed by atoms with Gasteiger partial charge in [0.1, 0.15) is 0 Å². The summed E-state index contributed by atoms with van der Waals surface area (Å²) in [6.07, 6.45) is 4.94. The molecule has 0 fully saturated rings. The Hall–Kier alpha value is -0.410. The number of fused-ring (bicyclic) bond motifs is 1. The van der Waals surface area contributed by atoms with Gasteiger partial charge in [-0.3, -0.25) is 0 Å². The highest BCUT2D eigenvalue weighted by molar-refractivity contribution is 7.11. The monoisotopic (exact) mass is 224 g/mol. The van der Waals surface area contributed by atoms with Crippen molar-refractivity contribution in [2.45, 2.75) is 58.5 Å². The summed E-state index contributed by atoms with van der Waals surface area (Å²) in [6, 6.07) is 1.18. The normalized spacial score (nSPS) is 22.5. The summed E-state index contributed by atoms with van der Waals surface area (Å²) in [5, 5.41) is 4.93. The van der Waals surface area contributed by atoms with Crippen molar-refractivity contribution in [3.05, 3.63) is 15.6 Å². The maximum atomic E-state index is 4.61. The van der Waals surface area contributed by atoms with E-state index in [4.69, 9.17) is 0 Å². The van der Waals surface area contributed by atoms with Crippen LogP contribution in [0.5, 0.6) is 0 Å². The van der Waals surface area contributed by atoms with Crippen molar-refractivity contribution in [2.75, 3.05) is 0 Å². The topological polar surface area (TPSA) is 24.9 Å². The Labute approximate surface area is 96.1 Å². The third-order valence-electron chi connectivity index (χ3n) is 3.16. The lowest BCUT2D eigenvalue weighted by Crippen LogP contribution is -2.31. The Morgan fingerprint density at radius 1 is 1.60 bits per heavy atom. The summed E-state index contributed by atoms with van der Waals surface area (Å²) in [4.78, 5) is 6.11. The Balaban J connectivity index is 2.14. The maximum absolute atomic E-state index is 4.61. The van der Waals surface area contributed by atoms with Crippen LogP contribution < -0.4 is 5.32 Å². The van der Waals surface area contributed by atoms with Crippen LogP contribution in [-0.4, -0.2) is 11.0 Å². The molecule has 1 aromatic rings. The van der Waals surface area contributed by atoms with Crippen LogP contribution in [0.4, 0.5) is 0 Å². The largest absolute Gasteiger partial charge is 0.307 e. The van der Waals surface area contributed by atoms with Crippen molar-refractivity contribution in [3.8, 4) is 0 Å². The van der Waals surface area contributed by atoms with Gasteiger partial charge in [0.25, 0.3) is 0 Å². The van der Waals surface area contributed by atoms with Crippen LogP contribution in [0.3, 0.4) is 0 Å². The number of thiazole rings is 1. The summed E-state index contributed by atoms with van der Waals surface area (Å²) in [7, 11) is 0. The minimum atomic E-state index is 0.565. The van der Waals surface area contributed by atoms with Crippen LogP contribution in [0.2, 0.25) is 0 Å². The van der Waals surface area contributed by atoms with Gasteiger partial charge in [-0.05, 0) is 39.5 Å². The molecular weight excluding hydrogens is 204 g/mol. The summed E-state index contributed by atoms with van der Waals surface area (Å²) in [5.41, 5.74) is 1.35. The Bertz CT molecular complexity index is 332. The first-order valence-corrected chi connectivity index (χ1v) is 6.74. The summed E-state index contributed by atoms with van der Waals surface area (Å²) < 4.78 is 0. The fourth-order valence-electron chi connectivity index (χ4n) is 2.16. The molecule has 3 heteroatoms. The molecule has 0 saturated heterocycles. The quantitative estimate of drug-likeness (QED) is 0.852. The summed E-state index contributed by atoms with van der Waals surface area (Å²) >= 11 is 1.88. The molecule has 1 aromatic heterocycles. The maximum Gasteiger partial charge on any atom is 0.0900 e. The number of rotatable bonds is 3. The molecule has 2 unspecified atom stereocenters. The smallest absolute Gasteiger partial charge is 0.0900 e. The van der Waals surface area contributed by atoms with E-state index in [1.165, 1.54) is 41.3 Å². The number of hydrogen-bond acceptors (Lipinski definition) is 3. The molecule has 0 aromatic carbocycles. The Morgan fingerprint density at radius 3 is 3.13 bits per heavy atom. The Morgan fingerprint density at radius 2 is 2.40 bits per heavy atom. The van der Waals surface area contributed by atoms with Gasteiger partial charge in [-0.25, -0.2) is 4.98 Å². The molecule has 15 heavy (non-hydrogen) atoms. The van der Waals surface area contributed by atoms with Crippen molar-refractivity contribution in [2.24, 2.45) is 0 Å². The van der Waals surface area contributed by atoms with Crippen LogP contribution in [0, 0.1) is 6.92 Å². The van der Waals surface area contributed by atoms with E-state index in [0.717, 1.165) is 0 Å². The predicted octanol–water partition coefficient (Wildman–Crippen LogP) is 3.22. The van der Waals surface area contributed by atoms with E-state index in [2.05, 4.69) is 31.1 Å². The molecule has 0 aliphatic heterocycles. The average molecular weight is 224 g/mol. The fourth-order valence-corrected chi connectivity index (χ4v) is 3.23. The van der Waals surface area contributed by atoms with Crippen molar-refractivity contribution in [1.29, 1.82) is 0 Å². The first kappa shape index (κ1) is 11.1. The van der Waals surface area contributed by atoms with E-state index in [1.54, 1.807) is 0 Å². The third-order valence-corrected chi connectivity index (χ3v) is 4.28. The highest BCUT2D eigenvalue weighted by Crippen LogP contribution is 2.34. The van der Waals surface area contributed by atoms with Gasteiger partial charge in [0, 0.05) is 17.0 Å².